The smallest absolute Gasteiger partial charge is 0.305 e. The molecule has 0 heterocycles. The minimum Gasteiger partial charge on any atom is -0.466 e. The van der Waals surface area contributed by atoms with Gasteiger partial charge in [-0.2, -0.15) is 0 Å². The summed E-state index contributed by atoms with van der Waals surface area (Å²) in [7, 11) is 0. The molecular weight excluding hydrogens is 364 g/mol. The second kappa shape index (κ2) is 16.9. The van der Waals surface area contributed by atoms with Crippen LogP contribution in [0.15, 0.2) is 23.9 Å². The Balaban J connectivity index is 4.26. The van der Waals surface area contributed by atoms with Crippen LogP contribution in [0.2, 0.25) is 0 Å². The molecule has 0 amide bonds. The Labute approximate surface area is 167 Å². The maximum Gasteiger partial charge on any atom is 0.305 e. The van der Waals surface area contributed by atoms with E-state index in [4.69, 9.17) is 4.74 Å². The van der Waals surface area contributed by atoms with Crippen molar-refractivity contribution in [2.75, 3.05) is 6.61 Å². The molecular formula is C20H34N2O6. The lowest BCUT2D eigenvalue weighted by molar-refractivity contribution is -0.510. The lowest BCUT2D eigenvalue weighted by Gasteiger charge is -2.03. The highest BCUT2D eigenvalue weighted by molar-refractivity contribution is 5.69. The zero-order chi connectivity index (χ0) is 21.2. The van der Waals surface area contributed by atoms with E-state index in [1.165, 1.54) is 18.2 Å². The van der Waals surface area contributed by atoms with E-state index < -0.39 is 11.0 Å². The average Bonchev–Trinajstić information content (AvgIpc) is 2.64. The molecule has 0 aliphatic heterocycles. The molecule has 0 N–H and O–H groups in total. The number of nitrogens with zero attached hydrogens (tertiary/aromatic N) is 2. The van der Waals surface area contributed by atoms with E-state index >= 15 is 0 Å². The molecule has 0 saturated heterocycles. The van der Waals surface area contributed by atoms with Gasteiger partial charge < -0.3 is 4.74 Å². The molecule has 0 aromatic rings. The Kier molecular flexibility index (Phi) is 15.5. The summed E-state index contributed by atoms with van der Waals surface area (Å²) in [6, 6.07) is -0.796. The largest absolute Gasteiger partial charge is 0.466 e. The average molecular weight is 399 g/mol. The quantitative estimate of drug-likeness (QED) is 0.109. The van der Waals surface area contributed by atoms with Crippen molar-refractivity contribution in [1.29, 1.82) is 0 Å². The number of hydrogen-bond donors (Lipinski definition) is 0. The van der Waals surface area contributed by atoms with Crippen molar-refractivity contribution in [3.63, 3.8) is 0 Å². The third-order valence-corrected chi connectivity index (χ3v) is 4.35. The van der Waals surface area contributed by atoms with Crippen LogP contribution in [0.3, 0.4) is 0 Å². The summed E-state index contributed by atoms with van der Waals surface area (Å²) in [5, 5.41) is 22.2. The Hall–Kier alpha value is -2.25. The van der Waals surface area contributed by atoms with E-state index in [1.807, 2.05) is 6.92 Å². The van der Waals surface area contributed by atoms with Crippen LogP contribution < -0.4 is 0 Å². The van der Waals surface area contributed by atoms with Gasteiger partial charge in [0.1, 0.15) is 0 Å². The molecule has 0 spiro atoms. The highest BCUT2D eigenvalue weighted by Crippen LogP contribution is 2.14. The van der Waals surface area contributed by atoms with Crippen LogP contribution in [0.5, 0.6) is 0 Å². The van der Waals surface area contributed by atoms with Crippen molar-refractivity contribution < 1.29 is 19.4 Å². The Morgan fingerprint density at radius 3 is 2.18 bits per heavy atom. The predicted octanol–water partition coefficient (Wildman–Crippen LogP) is 5.22. The van der Waals surface area contributed by atoms with Gasteiger partial charge in [-0.3, -0.25) is 25.0 Å². The molecule has 0 radical (unpaired) electrons. The molecule has 28 heavy (non-hydrogen) atoms. The van der Waals surface area contributed by atoms with E-state index in [1.54, 1.807) is 6.92 Å². The van der Waals surface area contributed by atoms with E-state index in [0.29, 0.717) is 32.3 Å². The van der Waals surface area contributed by atoms with Crippen molar-refractivity contribution >= 4 is 5.97 Å². The van der Waals surface area contributed by atoms with E-state index in [0.717, 1.165) is 44.9 Å². The van der Waals surface area contributed by atoms with Gasteiger partial charge >= 0.3 is 5.97 Å². The summed E-state index contributed by atoms with van der Waals surface area (Å²) in [5.74, 6) is -0.185. The molecule has 160 valence electrons. The topological polar surface area (TPSA) is 113 Å². The summed E-state index contributed by atoms with van der Waals surface area (Å²) >= 11 is 0. The molecule has 0 aliphatic carbocycles. The Morgan fingerprint density at radius 2 is 1.61 bits per heavy atom. The van der Waals surface area contributed by atoms with Crippen LogP contribution in [-0.4, -0.2) is 28.5 Å². The molecule has 1 atom stereocenters. The minimum atomic E-state index is -0.796. The van der Waals surface area contributed by atoms with Crippen molar-refractivity contribution in [3.05, 3.63) is 44.2 Å². The molecule has 0 aromatic heterocycles. The van der Waals surface area contributed by atoms with Gasteiger partial charge in [-0.15, -0.1) is 0 Å². The van der Waals surface area contributed by atoms with Crippen molar-refractivity contribution in [2.45, 2.75) is 90.5 Å². The lowest BCUT2D eigenvalue weighted by atomic mass is 10.1. The summed E-state index contributed by atoms with van der Waals surface area (Å²) in [4.78, 5) is 32.6. The van der Waals surface area contributed by atoms with Crippen LogP contribution in [-0.2, 0) is 9.53 Å². The monoisotopic (exact) mass is 398 g/mol. The molecule has 8 nitrogen and oxygen atoms in total. The molecule has 0 fully saturated rings. The molecule has 1 unspecified atom stereocenters. The van der Waals surface area contributed by atoms with Gasteiger partial charge in [0.05, 0.1) is 11.5 Å². The van der Waals surface area contributed by atoms with Crippen LogP contribution in [0.4, 0.5) is 0 Å². The first kappa shape index (κ1) is 25.8. The first-order valence-electron chi connectivity index (χ1n) is 10.2. The van der Waals surface area contributed by atoms with Crippen LogP contribution in [0.1, 0.15) is 84.5 Å². The standard InChI is InChI=1S/C20H34N2O6/c1-3-5-9-13-18(21(24)25)15-12-16-19(22(26)27)14-10-7-6-8-11-17-20(23)28-4-2/h12,15-16,18H,3-11,13-14,17H2,1-2H3/b15-12+,19-16+. The van der Waals surface area contributed by atoms with Gasteiger partial charge in [0, 0.05) is 30.3 Å². The molecule has 0 saturated carbocycles. The number of hydrogen-bond acceptors (Lipinski definition) is 6. The predicted molar refractivity (Wildman–Crippen MR) is 108 cm³/mol. The van der Waals surface area contributed by atoms with Crippen molar-refractivity contribution in [2.24, 2.45) is 0 Å². The fraction of sp³-hybridized carbons (Fsp3) is 0.750. The van der Waals surface area contributed by atoms with E-state index in [2.05, 4.69) is 0 Å². The number of ether oxygens (including phenoxy) is 1. The van der Waals surface area contributed by atoms with Crippen LogP contribution in [0.25, 0.3) is 0 Å². The van der Waals surface area contributed by atoms with Gasteiger partial charge in [-0.05, 0) is 32.3 Å². The third-order valence-electron chi connectivity index (χ3n) is 4.35. The number of nitro groups is 2. The van der Waals surface area contributed by atoms with Gasteiger partial charge in [0.2, 0.25) is 11.7 Å². The van der Waals surface area contributed by atoms with E-state index in [-0.39, 0.29) is 16.6 Å². The zero-order valence-electron chi connectivity index (χ0n) is 17.1. The second-order valence-electron chi connectivity index (χ2n) is 6.72. The molecule has 0 aromatic carbocycles. The van der Waals surface area contributed by atoms with Crippen molar-refractivity contribution in [1.82, 2.24) is 0 Å². The summed E-state index contributed by atoms with van der Waals surface area (Å²) in [5.41, 5.74) is 0.0680. The van der Waals surface area contributed by atoms with Crippen LogP contribution in [0, 0.1) is 20.2 Å². The third kappa shape index (κ3) is 13.9. The highest BCUT2D eigenvalue weighted by Gasteiger charge is 2.15. The summed E-state index contributed by atoms with van der Waals surface area (Å²) in [6.07, 6.45) is 12.2. The molecule has 8 heteroatoms. The summed E-state index contributed by atoms with van der Waals surface area (Å²) < 4.78 is 4.85. The number of carbonyl (C=O) groups is 1. The summed E-state index contributed by atoms with van der Waals surface area (Å²) in [6.45, 7) is 4.20. The number of rotatable bonds is 17. The molecule has 0 aliphatic rings. The van der Waals surface area contributed by atoms with Gasteiger partial charge in [-0.25, -0.2) is 0 Å². The normalized spacial score (nSPS) is 12.9. The fourth-order valence-electron chi connectivity index (χ4n) is 2.74. The van der Waals surface area contributed by atoms with Crippen molar-refractivity contribution in [3.8, 4) is 0 Å². The fourth-order valence-corrected chi connectivity index (χ4v) is 2.74. The second-order valence-corrected chi connectivity index (χ2v) is 6.72. The zero-order valence-corrected chi connectivity index (χ0v) is 17.1. The van der Waals surface area contributed by atoms with Gasteiger partial charge in [-0.1, -0.05) is 45.1 Å². The number of allylic oxidation sites excluding steroid dienone is 3. The van der Waals surface area contributed by atoms with Crippen LogP contribution >= 0.6 is 0 Å². The Morgan fingerprint density at radius 1 is 0.964 bits per heavy atom. The number of esters is 1. The maximum absolute atomic E-state index is 11.2. The molecule has 0 rings (SSSR count). The first-order valence-corrected chi connectivity index (χ1v) is 10.2. The number of carbonyl (C=O) groups excluding carboxylic acids is 1. The SMILES string of the molecule is CCCCCC(/C=C/C=C(\CCCCCCCC(=O)OCC)[N+](=O)[O-])[N+](=O)[O-]. The number of unbranched alkanes of at least 4 members (excludes halogenated alkanes) is 6. The highest BCUT2D eigenvalue weighted by atomic mass is 16.6. The first-order chi connectivity index (χ1) is 13.4. The van der Waals surface area contributed by atoms with Gasteiger partial charge in [0.15, 0.2) is 0 Å². The minimum absolute atomic E-state index is 0.0680. The van der Waals surface area contributed by atoms with Gasteiger partial charge in [0.25, 0.3) is 0 Å². The Bertz CT molecular complexity index is 531. The molecule has 0 bridgehead atoms. The maximum atomic E-state index is 11.2. The lowest BCUT2D eigenvalue weighted by Crippen LogP contribution is -2.16. The van der Waals surface area contributed by atoms with E-state index in [9.17, 15) is 25.0 Å².